The highest BCUT2D eigenvalue weighted by Crippen LogP contribution is 2.32. The van der Waals surface area contributed by atoms with Crippen LogP contribution < -0.4 is 0 Å². The zero-order valence-corrected chi connectivity index (χ0v) is 15.3. The van der Waals surface area contributed by atoms with Crippen LogP contribution in [0.1, 0.15) is 50.5 Å². The van der Waals surface area contributed by atoms with Gasteiger partial charge >= 0.3 is 0 Å². The second-order valence-corrected chi connectivity index (χ2v) is 6.88. The molecule has 0 spiro atoms. The van der Waals surface area contributed by atoms with Crippen LogP contribution in [0.5, 0.6) is 0 Å². The molecule has 0 unspecified atom stereocenters. The van der Waals surface area contributed by atoms with E-state index in [0.29, 0.717) is 13.0 Å². The largest absolute Gasteiger partial charge is 0.374 e. The summed E-state index contributed by atoms with van der Waals surface area (Å²) in [7, 11) is 0. The second kappa shape index (κ2) is 7.40. The van der Waals surface area contributed by atoms with Crippen LogP contribution in [0.2, 0.25) is 0 Å². The maximum absolute atomic E-state index is 12.9. The highest BCUT2D eigenvalue weighted by atomic mass is 16.5. The van der Waals surface area contributed by atoms with Gasteiger partial charge in [-0.3, -0.25) is 4.79 Å². The van der Waals surface area contributed by atoms with Crippen LogP contribution in [0.15, 0.2) is 30.4 Å². The predicted octanol–water partition coefficient (Wildman–Crippen LogP) is 3.91. The number of rotatable bonds is 6. The molecule has 1 aromatic heterocycles. The zero-order chi connectivity index (χ0) is 18.0. The third kappa shape index (κ3) is 3.76. The van der Waals surface area contributed by atoms with Crippen molar-refractivity contribution in [1.29, 1.82) is 0 Å². The van der Waals surface area contributed by atoms with Gasteiger partial charge in [-0.15, -0.1) is 0 Å². The van der Waals surface area contributed by atoms with Gasteiger partial charge in [0.05, 0.1) is 29.6 Å². The summed E-state index contributed by atoms with van der Waals surface area (Å²) in [6.45, 7) is 11.2. The van der Waals surface area contributed by atoms with Gasteiger partial charge in [0, 0.05) is 13.2 Å². The van der Waals surface area contributed by atoms with Crippen molar-refractivity contribution in [3.8, 4) is 0 Å². The van der Waals surface area contributed by atoms with E-state index in [9.17, 15) is 4.79 Å². The van der Waals surface area contributed by atoms with Gasteiger partial charge in [-0.2, -0.15) is 0 Å². The summed E-state index contributed by atoms with van der Waals surface area (Å²) in [6.07, 6.45) is 2.08. The Balaban J connectivity index is 1.79. The normalized spacial score (nSPS) is 18.7. The molecule has 2 heterocycles. The Labute approximate surface area is 149 Å². The number of amides is 1. The minimum atomic E-state index is -0.211. The number of H-pyrrole nitrogens is 1. The number of nitrogens with one attached hydrogen (secondary N) is 1. The fraction of sp³-hybridized carbons (Fsp3) is 0.500. The Kier molecular flexibility index (Phi) is 5.23. The summed E-state index contributed by atoms with van der Waals surface area (Å²) in [4.78, 5) is 22.9. The van der Waals surface area contributed by atoms with Gasteiger partial charge in [0.2, 0.25) is 5.91 Å². The van der Waals surface area contributed by atoms with Crippen molar-refractivity contribution in [2.45, 2.75) is 52.2 Å². The van der Waals surface area contributed by atoms with Crippen molar-refractivity contribution >= 4 is 16.9 Å². The predicted molar refractivity (Wildman–Crippen MR) is 99.4 cm³/mol. The molecule has 134 valence electrons. The molecule has 0 aliphatic carbocycles. The maximum atomic E-state index is 12.9. The number of likely N-dealkylation sites (tertiary alicyclic amines) is 1. The summed E-state index contributed by atoms with van der Waals surface area (Å²) >= 11 is 0. The molecule has 1 aliphatic rings. The SMILES string of the molecule is C=C(C)[C@H](CC(=O)N1CCC[C@@H]1c1nc2ccc(C)cc2[nH]1)OCC. The van der Waals surface area contributed by atoms with E-state index in [0.717, 1.165) is 41.8 Å². The van der Waals surface area contributed by atoms with E-state index in [-0.39, 0.29) is 18.1 Å². The lowest BCUT2D eigenvalue weighted by molar-refractivity contribution is -0.134. The molecule has 1 aliphatic heterocycles. The Hall–Kier alpha value is -2.14. The summed E-state index contributed by atoms with van der Waals surface area (Å²) in [5.41, 5.74) is 4.07. The fourth-order valence-corrected chi connectivity index (χ4v) is 3.50. The highest BCUT2D eigenvalue weighted by Gasteiger charge is 2.33. The van der Waals surface area contributed by atoms with Crippen LogP contribution in [-0.2, 0) is 9.53 Å². The molecule has 0 saturated carbocycles. The molecule has 25 heavy (non-hydrogen) atoms. The highest BCUT2D eigenvalue weighted by molar-refractivity contribution is 5.79. The molecule has 5 heteroatoms. The van der Waals surface area contributed by atoms with Gasteiger partial charge in [-0.05, 0) is 51.3 Å². The third-order valence-corrected chi connectivity index (χ3v) is 4.82. The summed E-state index contributed by atoms with van der Waals surface area (Å²) in [6, 6.07) is 6.20. The van der Waals surface area contributed by atoms with Crippen LogP contribution >= 0.6 is 0 Å². The van der Waals surface area contributed by atoms with Crippen LogP contribution in [0.3, 0.4) is 0 Å². The van der Waals surface area contributed by atoms with Gasteiger partial charge in [0.1, 0.15) is 5.82 Å². The van der Waals surface area contributed by atoms with Crippen LogP contribution in [0.25, 0.3) is 11.0 Å². The van der Waals surface area contributed by atoms with E-state index < -0.39 is 0 Å². The quantitative estimate of drug-likeness (QED) is 0.811. The first kappa shape index (κ1) is 17.7. The average Bonchev–Trinajstić information content (AvgIpc) is 3.19. The topological polar surface area (TPSA) is 58.2 Å². The number of fused-ring (bicyclic) bond motifs is 1. The van der Waals surface area contributed by atoms with Crippen molar-refractivity contribution in [3.63, 3.8) is 0 Å². The Morgan fingerprint density at radius 1 is 1.52 bits per heavy atom. The molecule has 3 rings (SSSR count). The number of carbonyl (C=O) groups excluding carboxylic acids is 1. The van der Waals surface area contributed by atoms with Crippen molar-refractivity contribution in [2.75, 3.05) is 13.2 Å². The Morgan fingerprint density at radius 3 is 3.04 bits per heavy atom. The number of nitrogens with zero attached hydrogens (tertiary/aromatic N) is 2. The summed E-state index contributed by atoms with van der Waals surface area (Å²) in [5, 5.41) is 0. The molecule has 1 saturated heterocycles. The molecule has 2 aromatic rings. The first-order valence-electron chi connectivity index (χ1n) is 9.02. The molecule has 5 nitrogen and oxygen atoms in total. The van der Waals surface area contributed by atoms with Crippen molar-refractivity contribution < 1.29 is 9.53 Å². The van der Waals surface area contributed by atoms with Crippen molar-refractivity contribution in [1.82, 2.24) is 14.9 Å². The molecule has 1 aromatic carbocycles. The summed E-state index contributed by atoms with van der Waals surface area (Å²) in [5.74, 6) is 0.996. The minimum Gasteiger partial charge on any atom is -0.374 e. The number of aromatic amines is 1. The maximum Gasteiger partial charge on any atom is 0.226 e. The second-order valence-electron chi connectivity index (χ2n) is 6.88. The standard InChI is InChI=1S/C20H27N3O2/c1-5-25-18(13(2)3)12-19(24)23-10-6-7-17(23)20-21-15-9-8-14(4)11-16(15)22-20/h8-9,11,17-18H,2,5-7,10,12H2,1,3-4H3,(H,21,22)/t17-,18+/m1/s1. The number of hydrogen-bond donors (Lipinski definition) is 1. The van der Waals surface area contributed by atoms with Crippen LogP contribution in [0.4, 0.5) is 0 Å². The first-order valence-corrected chi connectivity index (χ1v) is 9.02. The lowest BCUT2D eigenvalue weighted by atomic mass is 10.1. The molecule has 0 radical (unpaired) electrons. The third-order valence-electron chi connectivity index (χ3n) is 4.82. The zero-order valence-electron chi connectivity index (χ0n) is 15.3. The molecule has 1 fully saturated rings. The van der Waals surface area contributed by atoms with Gasteiger partial charge < -0.3 is 14.6 Å². The lowest BCUT2D eigenvalue weighted by Crippen LogP contribution is -2.34. The van der Waals surface area contributed by atoms with E-state index >= 15 is 0 Å². The van der Waals surface area contributed by atoms with Gasteiger partial charge in [-0.25, -0.2) is 4.98 Å². The molecular weight excluding hydrogens is 314 g/mol. The number of imidazole rings is 1. The Morgan fingerprint density at radius 2 is 2.32 bits per heavy atom. The molecule has 2 atom stereocenters. The Bertz CT molecular complexity index is 780. The van der Waals surface area contributed by atoms with Crippen LogP contribution in [0, 0.1) is 6.92 Å². The van der Waals surface area contributed by atoms with Crippen LogP contribution in [-0.4, -0.2) is 40.0 Å². The molecular formula is C20H27N3O2. The van der Waals surface area contributed by atoms with E-state index in [1.165, 1.54) is 5.56 Å². The monoisotopic (exact) mass is 341 g/mol. The fourth-order valence-electron chi connectivity index (χ4n) is 3.50. The van der Waals surface area contributed by atoms with E-state index in [4.69, 9.17) is 9.72 Å². The summed E-state index contributed by atoms with van der Waals surface area (Å²) < 4.78 is 5.67. The number of hydrogen-bond acceptors (Lipinski definition) is 3. The first-order chi connectivity index (χ1) is 12.0. The number of ether oxygens (including phenoxy) is 1. The van der Waals surface area contributed by atoms with E-state index in [1.54, 1.807) is 0 Å². The number of benzene rings is 1. The average molecular weight is 341 g/mol. The molecule has 0 bridgehead atoms. The van der Waals surface area contributed by atoms with Gasteiger partial charge in [0.25, 0.3) is 0 Å². The van der Waals surface area contributed by atoms with E-state index in [2.05, 4.69) is 30.6 Å². The number of carbonyl (C=O) groups is 1. The van der Waals surface area contributed by atoms with Crippen molar-refractivity contribution in [2.24, 2.45) is 0 Å². The van der Waals surface area contributed by atoms with E-state index in [1.807, 2.05) is 24.8 Å². The van der Waals surface area contributed by atoms with Gasteiger partial charge in [-0.1, -0.05) is 18.2 Å². The smallest absolute Gasteiger partial charge is 0.226 e. The number of aromatic nitrogens is 2. The molecule has 1 amide bonds. The van der Waals surface area contributed by atoms with Crippen molar-refractivity contribution in [3.05, 3.63) is 41.7 Å². The molecule has 1 N–H and O–H groups in total. The lowest BCUT2D eigenvalue weighted by Gasteiger charge is -2.26. The van der Waals surface area contributed by atoms with Gasteiger partial charge in [0.15, 0.2) is 0 Å². The minimum absolute atomic E-state index is 0.0209. The number of aryl methyl sites for hydroxylation is 1.